The fraction of sp³-hybridized carbons (Fsp3) is 0.310. The summed E-state index contributed by atoms with van der Waals surface area (Å²) in [6, 6.07) is 15.2. The van der Waals surface area contributed by atoms with Gasteiger partial charge in [-0.2, -0.15) is 0 Å². The molecule has 1 N–H and O–H groups in total. The number of pyridine rings is 1. The average Bonchev–Trinajstić information content (AvgIpc) is 3.54. The Morgan fingerprint density at radius 2 is 1.89 bits per heavy atom. The van der Waals surface area contributed by atoms with Crippen molar-refractivity contribution < 1.29 is 9.53 Å². The summed E-state index contributed by atoms with van der Waals surface area (Å²) in [5.41, 5.74) is 7.38. The predicted molar refractivity (Wildman–Crippen MR) is 142 cm³/mol. The van der Waals surface area contributed by atoms with Crippen molar-refractivity contribution >= 4 is 11.6 Å². The second-order valence-electron chi connectivity index (χ2n) is 9.67. The third-order valence-electron chi connectivity index (χ3n) is 7.53. The quantitative estimate of drug-likeness (QED) is 0.404. The number of imidazole rings is 1. The lowest BCUT2D eigenvalue weighted by molar-refractivity contribution is -0.127. The fourth-order valence-corrected chi connectivity index (χ4v) is 5.61. The molecule has 1 aromatic carbocycles. The van der Waals surface area contributed by atoms with E-state index in [0.717, 1.165) is 66.9 Å². The first-order valence-corrected chi connectivity index (χ1v) is 12.8. The molecule has 188 valence electrons. The predicted octanol–water partition coefficient (Wildman–Crippen LogP) is 4.22. The molecular formula is C29H30N6O2. The molecule has 1 fully saturated rings. The molecule has 0 saturated carbocycles. The number of rotatable bonds is 6. The highest BCUT2D eigenvalue weighted by Crippen LogP contribution is 2.38. The van der Waals surface area contributed by atoms with Gasteiger partial charge in [0.05, 0.1) is 12.8 Å². The highest BCUT2D eigenvalue weighted by atomic mass is 16.5. The van der Waals surface area contributed by atoms with Crippen molar-refractivity contribution in [3.63, 3.8) is 0 Å². The normalized spacial score (nSPS) is 17.6. The molecule has 8 nitrogen and oxygen atoms in total. The molecule has 1 amide bonds. The Kier molecular flexibility index (Phi) is 6.18. The minimum atomic E-state index is 0.0314. The van der Waals surface area contributed by atoms with E-state index >= 15 is 0 Å². The van der Waals surface area contributed by atoms with Gasteiger partial charge in [0.15, 0.2) is 5.65 Å². The third-order valence-corrected chi connectivity index (χ3v) is 7.53. The van der Waals surface area contributed by atoms with Crippen LogP contribution in [0, 0.1) is 0 Å². The number of aryl methyl sites for hydroxylation is 1. The van der Waals surface area contributed by atoms with Crippen LogP contribution >= 0.6 is 0 Å². The van der Waals surface area contributed by atoms with Gasteiger partial charge in [-0.1, -0.05) is 18.7 Å². The van der Waals surface area contributed by atoms with Crippen LogP contribution in [0.2, 0.25) is 0 Å². The van der Waals surface area contributed by atoms with Gasteiger partial charge < -0.3 is 15.0 Å². The van der Waals surface area contributed by atoms with Crippen LogP contribution in [0.25, 0.3) is 28.2 Å². The standard InChI is InChI=1S/C29H30N6O2/c1-3-27(36)34-16-12-22(13-17-34)31-24-7-5-20-18-21(4-6-23(20)24)28-29(19-10-14-30-15-11-19)35-25(32-28)8-9-26(33-35)37-2/h3-4,6,8-11,14-15,18,22,24,31H,1,5,7,12-13,16-17H2,2H3/t24-/m0/s1. The van der Waals surface area contributed by atoms with Crippen LogP contribution in [0.5, 0.6) is 5.88 Å². The highest BCUT2D eigenvalue weighted by Gasteiger charge is 2.28. The van der Waals surface area contributed by atoms with Crippen LogP contribution < -0.4 is 10.1 Å². The number of hydrogen-bond acceptors (Lipinski definition) is 6. The molecule has 1 aliphatic carbocycles. The van der Waals surface area contributed by atoms with E-state index in [9.17, 15) is 4.79 Å². The molecule has 0 radical (unpaired) electrons. The van der Waals surface area contributed by atoms with Crippen molar-refractivity contribution in [1.29, 1.82) is 0 Å². The van der Waals surface area contributed by atoms with Crippen LogP contribution in [0.15, 0.2) is 67.5 Å². The number of likely N-dealkylation sites (tertiary alicyclic amines) is 1. The molecule has 0 unspecified atom stereocenters. The largest absolute Gasteiger partial charge is 0.480 e. The molecular weight excluding hydrogens is 464 g/mol. The van der Waals surface area contributed by atoms with Crippen molar-refractivity contribution in [3.8, 4) is 28.4 Å². The summed E-state index contributed by atoms with van der Waals surface area (Å²) in [7, 11) is 1.62. The van der Waals surface area contributed by atoms with Gasteiger partial charge in [0.2, 0.25) is 11.8 Å². The van der Waals surface area contributed by atoms with E-state index in [2.05, 4.69) is 40.2 Å². The Morgan fingerprint density at radius 1 is 1.08 bits per heavy atom. The van der Waals surface area contributed by atoms with Crippen LogP contribution in [0.1, 0.15) is 36.4 Å². The molecule has 0 spiro atoms. The zero-order chi connectivity index (χ0) is 25.4. The number of nitrogens with zero attached hydrogens (tertiary/aromatic N) is 5. The number of benzene rings is 1. The molecule has 2 aliphatic rings. The SMILES string of the molecule is C=CC(=O)N1CCC(N[C@H]2CCc3cc(-c4nc5ccc(OC)nn5c4-c4ccncc4)ccc32)CC1. The molecule has 0 bridgehead atoms. The van der Waals surface area contributed by atoms with Crippen LogP contribution in [0.4, 0.5) is 0 Å². The lowest BCUT2D eigenvalue weighted by Crippen LogP contribution is -2.45. The number of methoxy groups -OCH3 is 1. The molecule has 1 aliphatic heterocycles. The Hall–Kier alpha value is -4.04. The van der Waals surface area contributed by atoms with Gasteiger partial charge in [0.25, 0.3) is 0 Å². The van der Waals surface area contributed by atoms with Crippen molar-refractivity contribution in [1.82, 2.24) is 29.8 Å². The fourth-order valence-electron chi connectivity index (χ4n) is 5.61. The monoisotopic (exact) mass is 494 g/mol. The molecule has 4 heterocycles. The first-order valence-electron chi connectivity index (χ1n) is 12.8. The number of fused-ring (bicyclic) bond motifs is 2. The lowest BCUT2D eigenvalue weighted by atomic mass is 9.99. The second-order valence-corrected chi connectivity index (χ2v) is 9.67. The van der Waals surface area contributed by atoms with Crippen molar-refractivity contribution in [2.45, 2.75) is 37.8 Å². The number of amides is 1. The van der Waals surface area contributed by atoms with Gasteiger partial charge >= 0.3 is 0 Å². The number of carbonyl (C=O) groups is 1. The Balaban J connectivity index is 1.29. The summed E-state index contributed by atoms with van der Waals surface area (Å²) in [5, 5.41) is 8.53. The zero-order valence-corrected chi connectivity index (χ0v) is 20.9. The topological polar surface area (TPSA) is 84.7 Å². The van der Waals surface area contributed by atoms with Crippen molar-refractivity contribution in [2.75, 3.05) is 20.2 Å². The summed E-state index contributed by atoms with van der Waals surface area (Å²) >= 11 is 0. The Morgan fingerprint density at radius 3 is 2.65 bits per heavy atom. The zero-order valence-electron chi connectivity index (χ0n) is 20.9. The highest BCUT2D eigenvalue weighted by molar-refractivity contribution is 5.87. The van der Waals surface area contributed by atoms with E-state index in [1.807, 2.05) is 33.7 Å². The van der Waals surface area contributed by atoms with Crippen molar-refractivity contribution in [3.05, 3.63) is 78.6 Å². The molecule has 37 heavy (non-hydrogen) atoms. The second kappa shape index (κ2) is 9.78. The van der Waals surface area contributed by atoms with E-state index in [-0.39, 0.29) is 5.91 Å². The van der Waals surface area contributed by atoms with E-state index in [1.54, 1.807) is 19.5 Å². The van der Waals surface area contributed by atoms with Gasteiger partial charge in [0, 0.05) is 54.8 Å². The van der Waals surface area contributed by atoms with Gasteiger partial charge in [-0.15, -0.1) is 5.10 Å². The third kappa shape index (κ3) is 4.38. The number of nitrogens with one attached hydrogen (secondary N) is 1. The summed E-state index contributed by atoms with van der Waals surface area (Å²) in [5.74, 6) is 0.568. The smallest absolute Gasteiger partial charge is 0.245 e. The van der Waals surface area contributed by atoms with E-state index < -0.39 is 0 Å². The summed E-state index contributed by atoms with van der Waals surface area (Å²) < 4.78 is 7.24. The van der Waals surface area contributed by atoms with Crippen LogP contribution in [0.3, 0.4) is 0 Å². The van der Waals surface area contributed by atoms with Crippen molar-refractivity contribution in [2.24, 2.45) is 0 Å². The van der Waals surface area contributed by atoms with Crippen LogP contribution in [-0.4, -0.2) is 56.6 Å². The maximum absolute atomic E-state index is 11.9. The summed E-state index contributed by atoms with van der Waals surface area (Å²) in [6.45, 7) is 5.18. The molecule has 4 aromatic rings. The number of hydrogen-bond donors (Lipinski definition) is 1. The minimum Gasteiger partial charge on any atom is -0.480 e. The Bertz CT molecular complexity index is 1460. The van der Waals surface area contributed by atoms with E-state index in [0.29, 0.717) is 18.0 Å². The molecule has 3 aromatic heterocycles. The first kappa shape index (κ1) is 23.4. The first-order chi connectivity index (χ1) is 18.1. The van der Waals surface area contributed by atoms with Gasteiger partial charge in [-0.05, 0) is 67.2 Å². The van der Waals surface area contributed by atoms with E-state index in [1.165, 1.54) is 17.2 Å². The molecule has 8 heteroatoms. The number of aromatic nitrogens is 4. The maximum atomic E-state index is 11.9. The number of ether oxygens (including phenoxy) is 1. The van der Waals surface area contributed by atoms with E-state index in [4.69, 9.17) is 9.72 Å². The summed E-state index contributed by atoms with van der Waals surface area (Å²) in [6.07, 6.45) is 9.02. The molecule has 6 rings (SSSR count). The minimum absolute atomic E-state index is 0.0314. The summed E-state index contributed by atoms with van der Waals surface area (Å²) in [4.78, 5) is 22.9. The molecule has 1 atom stereocenters. The van der Waals surface area contributed by atoms with Gasteiger partial charge in [0.1, 0.15) is 5.69 Å². The van der Waals surface area contributed by atoms with Gasteiger partial charge in [-0.25, -0.2) is 9.50 Å². The average molecular weight is 495 g/mol. The maximum Gasteiger partial charge on any atom is 0.245 e. The van der Waals surface area contributed by atoms with Gasteiger partial charge in [-0.3, -0.25) is 9.78 Å². The molecule has 1 saturated heterocycles. The number of piperidine rings is 1. The number of carbonyl (C=O) groups excluding carboxylic acids is 1. The Labute approximate surface area is 216 Å². The van der Waals surface area contributed by atoms with Crippen LogP contribution in [-0.2, 0) is 11.2 Å². The lowest BCUT2D eigenvalue weighted by Gasteiger charge is -2.33.